The maximum atomic E-state index is 11.1. The normalized spacial score (nSPS) is 14.6. The van der Waals surface area contributed by atoms with Crippen LogP contribution in [0.5, 0.6) is 0 Å². The standard InChI is InChI=1S/C12H15N3O3/c1-4-12(2,18-3)11-14-8-7(10(16)17)5-6-13-9(8)15-11/h5-6H,4H2,1-3H3,(H,16,17)(H,13,14,15). The number of carboxylic acid groups (broad SMARTS) is 1. The van der Waals surface area contributed by atoms with Gasteiger partial charge < -0.3 is 14.8 Å². The van der Waals surface area contributed by atoms with Crippen LogP contribution in [0.4, 0.5) is 0 Å². The van der Waals surface area contributed by atoms with E-state index in [1.165, 1.54) is 12.3 Å². The third kappa shape index (κ3) is 1.84. The summed E-state index contributed by atoms with van der Waals surface area (Å²) in [5.74, 6) is -0.420. The maximum Gasteiger partial charge on any atom is 0.338 e. The Balaban J connectivity index is 2.64. The molecule has 0 amide bonds. The monoisotopic (exact) mass is 249 g/mol. The number of ether oxygens (including phenoxy) is 1. The highest BCUT2D eigenvalue weighted by Crippen LogP contribution is 2.27. The second-order valence-corrected chi connectivity index (χ2v) is 4.24. The quantitative estimate of drug-likeness (QED) is 0.864. The molecule has 6 heteroatoms. The lowest BCUT2D eigenvalue weighted by Crippen LogP contribution is -2.24. The molecule has 0 bridgehead atoms. The van der Waals surface area contributed by atoms with Crippen LogP contribution in [-0.2, 0) is 10.3 Å². The van der Waals surface area contributed by atoms with Crippen molar-refractivity contribution < 1.29 is 14.6 Å². The van der Waals surface area contributed by atoms with Gasteiger partial charge in [0, 0.05) is 13.3 Å². The summed E-state index contributed by atoms with van der Waals surface area (Å²) in [5, 5.41) is 9.10. The van der Waals surface area contributed by atoms with E-state index in [2.05, 4.69) is 15.0 Å². The summed E-state index contributed by atoms with van der Waals surface area (Å²) in [6, 6.07) is 1.45. The van der Waals surface area contributed by atoms with Crippen LogP contribution in [0.15, 0.2) is 12.3 Å². The molecule has 0 aliphatic rings. The van der Waals surface area contributed by atoms with Crippen molar-refractivity contribution in [3.05, 3.63) is 23.7 Å². The van der Waals surface area contributed by atoms with E-state index in [0.29, 0.717) is 23.4 Å². The van der Waals surface area contributed by atoms with E-state index in [4.69, 9.17) is 9.84 Å². The summed E-state index contributed by atoms with van der Waals surface area (Å²) < 4.78 is 5.43. The lowest BCUT2D eigenvalue weighted by molar-refractivity contribution is -0.00806. The molecule has 0 saturated carbocycles. The number of hydrogen-bond acceptors (Lipinski definition) is 4. The van der Waals surface area contributed by atoms with Crippen LogP contribution in [0.2, 0.25) is 0 Å². The van der Waals surface area contributed by atoms with Crippen molar-refractivity contribution in [1.82, 2.24) is 15.0 Å². The molecule has 6 nitrogen and oxygen atoms in total. The Hall–Kier alpha value is -1.95. The molecule has 2 aromatic rings. The number of pyridine rings is 1. The predicted molar refractivity (Wildman–Crippen MR) is 65.5 cm³/mol. The van der Waals surface area contributed by atoms with Crippen molar-refractivity contribution in [3.8, 4) is 0 Å². The molecule has 2 heterocycles. The van der Waals surface area contributed by atoms with Crippen molar-refractivity contribution in [2.75, 3.05) is 7.11 Å². The van der Waals surface area contributed by atoms with Crippen LogP contribution in [-0.4, -0.2) is 33.1 Å². The fourth-order valence-corrected chi connectivity index (χ4v) is 1.75. The Morgan fingerprint density at radius 2 is 2.33 bits per heavy atom. The molecule has 1 atom stereocenters. The minimum absolute atomic E-state index is 0.160. The summed E-state index contributed by atoms with van der Waals surface area (Å²) in [5.41, 5.74) is 0.405. The fraction of sp³-hybridized carbons (Fsp3) is 0.417. The molecule has 2 rings (SSSR count). The molecule has 18 heavy (non-hydrogen) atoms. The molecule has 0 aliphatic heterocycles. The second-order valence-electron chi connectivity index (χ2n) is 4.24. The number of aromatic amines is 1. The van der Waals surface area contributed by atoms with Crippen LogP contribution < -0.4 is 0 Å². The fourth-order valence-electron chi connectivity index (χ4n) is 1.75. The smallest absolute Gasteiger partial charge is 0.338 e. The van der Waals surface area contributed by atoms with Gasteiger partial charge in [0.15, 0.2) is 5.65 Å². The summed E-state index contributed by atoms with van der Waals surface area (Å²) in [7, 11) is 1.60. The minimum atomic E-state index is -1.01. The number of aromatic carboxylic acids is 1. The van der Waals surface area contributed by atoms with Gasteiger partial charge in [0.25, 0.3) is 0 Å². The number of imidazole rings is 1. The van der Waals surface area contributed by atoms with Gasteiger partial charge in [0.2, 0.25) is 0 Å². The average Bonchev–Trinajstić information content (AvgIpc) is 2.81. The van der Waals surface area contributed by atoms with E-state index in [1.807, 2.05) is 13.8 Å². The van der Waals surface area contributed by atoms with Crippen molar-refractivity contribution >= 4 is 17.1 Å². The Morgan fingerprint density at radius 3 is 2.89 bits per heavy atom. The van der Waals surface area contributed by atoms with Crippen LogP contribution in [0.25, 0.3) is 11.2 Å². The number of carbonyl (C=O) groups is 1. The van der Waals surface area contributed by atoms with Crippen molar-refractivity contribution in [2.24, 2.45) is 0 Å². The van der Waals surface area contributed by atoms with Crippen LogP contribution in [0.1, 0.15) is 36.5 Å². The number of hydrogen-bond donors (Lipinski definition) is 2. The molecule has 0 aliphatic carbocycles. The van der Waals surface area contributed by atoms with Crippen LogP contribution in [0.3, 0.4) is 0 Å². The molecule has 1 unspecified atom stereocenters. The molecule has 0 radical (unpaired) electrons. The van der Waals surface area contributed by atoms with Crippen molar-refractivity contribution in [1.29, 1.82) is 0 Å². The SMILES string of the molecule is CCC(C)(OC)c1nc2nccc(C(=O)O)c2[nH]1. The molecule has 2 aromatic heterocycles. The molecule has 0 saturated heterocycles. The second kappa shape index (κ2) is 4.38. The molecular weight excluding hydrogens is 234 g/mol. The van der Waals surface area contributed by atoms with Crippen molar-refractivity contribution in [2.45, 2.75) is 25.9 Å². The minimum Gasteiger partial charge on any atom is -0.478 e. The average molecular weight is 249 g/mol. The molecule has 2 N–H and O–H groups in total. The Kier molecular flexibility index (Phi) is 3.04. The zero-order valence-electron chi connectivity index (χ0n) is 10.5. The molecular formula is C12H15N3O3. The van der Waals surface area contributed by atoms with E-state index >= 15 is 0 Å². The number of fused-ring (bicyclic) bond motifs is 1. The van der Waals surface area contributed by atoms with E-state index in [0.717, 1.165) is 0 Å². The van der Waals surface area contributed by atoms with E-state index < -0.39 is 11.6 Å². The van der Waals surface area contributed by atoms with Crippen LogP contribution >= 0.6 is 0 Å². The summed E-state index contributed by atoms with van der Waals surface area (Å²) in [6.45, 7) is 3.87. The summed E-state index contributed by atoms with van der Waals surface area (Å²) >= 11 is 0. The first-order valence-electron chi connectivity index (χ1n) is 5.65. The highest BCUT2D eigenvalue weighted by molar-refractivity contribution is 5.99. The first-order valence-corrected chi connectivity index (χ1v) is 5.65. The van der Waals surface area contributed by atoms with Gasteiger partial charge in [-0.3, -0.25) is 0 Å². The third-order valence-corrected chi connectivity index (χ3v) is 3.25. The van der Waals surface area contributed by atoms with Gasteiger partial charge in [-0.25, -0.2) is 14.8 Å². The van der Waals surface area contributed by atoms with Crippen LogP contribution in [0, 0.1) is 0 Å². The molecule has 96 valence electrons. The van der Waals surface area contributed by atoms with E-state index in [-0.39, 0.29) is 5.56 Å². The first kappa shape index (κ1) is 12.5. The van der Waals surface area contributed by atoms with Crippen molar-refractivity contribution in [3.63, 3.8) is 0 Å². The molecule has 0 fully saturated rings. The largest absolute Gasteiger partial charge is 0.478 e. The lowest BCUT2D eigenvalue weighted by Gasteiger charge is -2.23. The first-order chi connectivity index (χ1) is 8.51. The summed E-state index contributed by atoms with van der Waals surface area (Å²) in [6.07, 6.45) is 2.15. The van der Waals surface area contributed by atoms with Gasteiger partial charge in [-0.2, -0.15) is 0 Å². The Bertz CT molecular complexity index is 587. The van der Waals surface area contributed by atoms with Gasteiger partial charge in [-0.15, -0.1) is 0 Å². The number of methoxy groups -OCH3 is 1. The highest BCUT2D eigenvalue weighted by Gasteiger charge is 2.28. The number of rotatable bonds is 4. The number of H-pyrrole nitrogens is 1. The number of carboxylic acids is 1. The maximum absolute atomic E-state index is 11.1. The zero-order chi connectivity index (χ0) is 13.3. The van der Waals surface area contributed by atoms with Gasteiger partial charge in [-0.05, 0) is 19.4 Å². The van der Waals surface area contributed by atoms with Gasteiger partial charge in [0.1, 0.15) is 11.4 Å². The topological polar surface area (TPSA) is 88.1 Å². The number of nitrogens with one attached hydrogen (secondary N) is 1. The number of nitrogens with zero attached hydrogens (tertiary/aromatic N) is 2. The lowest BCUT2D eigenvalue weighted by atomic mass is 10.0. The van der Waals surface area contributed by atoms with Gasteiger partial charge >= 0.3 is 5.97 Å². The zero-order valence-corrected chi connectivity index (χ0v) is 10.5. The Labute approximate surface area is 104 Å². The third-order valence-electron chi connectivity index (χ3n) is 3.25. The van der Waals surface area contributed by atoms with Gasteiger partial charge in [-0.1, -0.05) is 6.92 Å². The van der Waals surface area contributed by atoms with E-state index in [9.17, 15) is 4.79 Å². The van der Waals surface area contributed by atoms with E-state index in [1.54, 1.807) is 7.11 Å². The Morgan fingerprint density at radius 1 is 1.61 bits per heavy atom. The predicted octanol–water partition coefficient (Wildman–Crippen LogP) is 1.93. The summed E-state index contributed by atoms with van der Waals surface area (Å²) in [4.78, 5) is 22.5. The van der Waals surface area contributed by atoms with Gasteiger partial charge in [0.05, 0.1) is 11.1 Å². The highest BCUT2D eigenvalue weighted by atomic mass is 16.5. The number of aromatic nitrogens is 3. The molecule has 0 aromatic carbocycles. The molecule has 0 spiro atoms.